The van der Waals surface area contributed by atoms with Crippen molar-refractivity contribution in [1.29, 1.82) is 0 Å². The Balaban J connectivity index is 4.29. The Hall–Kier alpha value is -1.55. The molecular formula is C42H79O10P. The van der Waals surface area contributed by atoms with E-state index in [0.29, 0.717) is 12.8 Å². The number of hydrogen-bond acceptors (Lipinski definition) is 9. The number of carbonyl (C=O) groups excluding carboxylic acids is 2. The van der Waals surface area contributed by atoms with E-state index in [0.717, 1.165) is 57.8 Å². The standard InChI is InChI=1S/C42H79O10P/c1-3-5-7-9-11-13-15-17-18-19-20-22-23-25-27-29-31-33-41(45)49-37-40(38-51-53(47,48)50-36-39(44)35-43)52-42(46)34-32-30-28-26-24-21-16-14-12-10-8-6-4-2/h13-16,39-40,43-44H,3-12,17-38H2,1-2H3,(H,47,48)/b15-13+,16-14+/t39-,40+/m0/s1. The molecule has 312 valence electrons. The zero-order valence-corrected chi connectivity index (χ0v) is 34.6. The summed E-state index contributed by atoms with van der Waals surface area (Å²) < 4.78 is 32.7. The van der Waals surface area contributed by atoms with Crippen LogP contribution >= 0.6 is 7.82 Å². The molecule has 0 aromatic carbocycles. The highest BCUT2D eigenvalue weighted by Gasteiger charge is 2.27. The first-order valence-corrected chi connectivity index (χ1v) is 22.8. The van der Waals surface area contributed by atoms with Crippen LogP contribution in [-0.2, 0) is 32.7 Å². The molecule has 10 nitrogen and oxygen atoms in total. The number of hydrogen-bond donors (Lipinski definition) is 3. The average molecular weight is 775 g/mol. The molecular weight excluding hydrogens is 695 g/mol. The van der Waals surface area contributed by atoms with Gasteiger partial charge in [-0.25, -0.2) is 4.57 Å². The number of phosphoric ester groups is 1. The van der Waals surface area contributed by atoms with Crippen LogP contribution in [0.25, 0.3) is 0 Å². The Morgan fingerprint density at radius 2 is 0.925 bits per heavy atom. The van der Waals surface area contributed by atoms with Gasteiger partial charge < -0.3 is 24.6 Å². The maximum Gasteiger partial charge on any atom is 0.472 e. The largest absolute Gasteiger partial charge is 0.472 e. The third-order valence-electron chi connectivity index (χ3n) is 9.08. The van der Waals surface area contributed by atoms with Crippen molar-refractivity contribution in [3.05, 3.63) is 24.3 Å². The molecule has 0 aromatic heterocycles. The van der Waals surface area contributed by atoms with Gasteiger partial charge in [-0.1, -0.05) is 141 Å². The second-order valence-electron chi connectivity index (χ2n) is 14.4. The molecule has 0 rings (SSSR count). The normalized spacial score (nSPS) is 14.1. The lowest BCUT2D eigenvalue weighted by molar-refractivity contribution is -0.161. The summed E-state index contributed by atoms with van der Waals surface area (Å²) in [7, 11) is -4.61. The number of ether oxygens (including phenoxy) is 2. The number of unbranched alkanes of at least 4 members (excludes halogenated alkanes) is 22. The molecule has 0 saturated heterocycles. The topological polar surface area (TPSA) is 149 Å². The van der Waals surface area contributed by atoms with Crippen molar-refractivity contribution in [2.24, 2.45) is 0 Å². The molecule has 0 aromatic rings. The molecule has 0 aliphatic heterocycles. The van der Waals surface area contributed by atoms with Crippen LogP contribution in [-0.4, -0.2) is 65.7 Å². The molecule has 0 heterocycles. The van der Waals surface area contributed by atoms with Crippen molar-refractivity contribution in [2.45, 2.75) is 206 Å². The Bertz CT molecular complexity index is 941. The van der Waals surface area contributed by atoms with Gasteiger partial charge in [0.05, 0.1) is 19.8 Å². The minimum absolute atomic E-state index is 0.175. The van der Waals surface area contributed by atoms with Crippen LogP contribution in [0.4, 0.5) is 0 Å². The van der Waals surface area contributed by atoms with Gasteiger partial charge in [-0.3, -0.25) is 18.6 Å². The molecule has 0 radical (unpaired) electrons. The van der Waals surface area contributed by atoms with E-state index in [2.05, 4.69) is 42.7 Å². The maximum absolute atomic E-state index is 12.6. The lowest BCUT2D eigenvalue weighted by Crippen LogP contribution is -2.29. The molecule has 0 saturated carbocycles. The number of aliphatic hydroxyl groups excluding tert-OH is 2. The molecule has 11 heteroatoms. The third-order valence-corrected chi connectivity index (χ3v) is 10.0. The monoisotopic (exact) mass is 775 g/mol. The summed E-state index contributed by atoms with van der Waals surface area (Å²) >= 11 is 0. The minimum atomic E-state index is -4.61. The smallest absolute Gasteiger partial charge is 0.462 e. The first-order chi connectivity index (χ1) is 25.7. The fourth-order valence-electron chi connectivity index (χ4n) is 5.75. The third kappa shape index (κ3) is 38.5. The fourth-order valence-corrected chi connectivity index (χ4v) is 6.54. The van der Waals surface area contributed by atoms with Gasteiger partial charge >= 0.3 is 19.8 Å². The zero-order chi connectivity index (χ0) is 39.1. The predicted octanol–water partition coefficient (Wildman–Crippen LogP) is 11.0. The van der Waals surface area contributed by atoms with Gasteiger partial charge in [-0.2, -0.15) is 0 Å². The van der Waals surface area contributed by atoms with Gasteiger partial charge in [0, 0.05) is 12.8 Å². The SMILES string of the molecule is CCCCCC/C=C/CCCCCCCCCCCC(=O)OC[C@H](COP(=O)(O)OC[C@@H](O)CO)OC(=O)CCCCCCC/C=C/CCCCCC. The summed E-state index contributed by atoms with van der Waals surface area (Å²) in [6.07, 6.45) is 37.1. The number of phosphoric acid groups is 1. The highest BCUT2D eigenvalue weighted by atomic mass is 31.2. The van der Waals surface area contributed by atoms with E-state index in [-0.39, 0.29) is 19.4 Å². The molecule has 1 unspecified atom stereocenters. The Morgan fingerprint density at radius 1 is 0.547 bits per heavy atom. The van der Waals surface area contributed by atoms with Gasteiger partial charge in [0.25, 0.3) is 0 Å². The first kappa shape index (κ1) is 51.5. The summed E-state index contributed by atoms with van der Waals surface area (Å²) in [6.45, 7) is 2.35. The molecule has 0 spiro atoms. The number of rotatable bonds is 40. The van der Waals surface area contributed by atoms with Crippen molar-refractivity contribution in [1.82, 2.24) is 0 Å². The van der Waals surface area contributed by atoms with Crippen LogP contribution in [0.15, 0.2) is 24.3 Å². The molecule has 0 aliphatic carbocycles. The van der Waals surface area contributed by atoms with Crippen LogP contribution < -0.4 is 0 Å². The predicted molar refractivity (Wildman–Crippen MR) is 215 cm³/mol. The average Bonchev–Trinajstić information content (AvgIpc) is 3.14. The van der Waals surface area contributed by atoms with Gasteiger partial charge in [0.1, 0.15) is 12.7 Å². The maximum atomic E-state index is 12.6. The summed E-state index contributed by atoms with van der Waals surface area (Å²) in [4.78, 5) is 34.9. The van der Waals surface area contributed by atoms with Crippen LogP contribution in [0.5, 0.6) is 0 Å². The Morgan fingerprint density at radius 3 is 1.36 bits per heavy atom. The summed E-state index contributed by atoms with van der Waals surface area (Å²) in [5, 5.41) is 18.3. The summed E-state index contributed by atoms with van der Waals surface area (Å²) in [5.41, 5.74) is 0. The molecule has 0 bridgehead atoms. The summed E-state index contributed by atoms with van der Waals surface area (Å²) in [6, 6.07) is 0. The van der Waals surface area contributed by atoms with Crippen molar-refractivity contribution in [3.63, 3.8) is 0 Å². The van der Waals surface area contributed by atoms with E-state index in [4.69, 9.17) is 19.1 Å². The first-order valence-electron chi connectivity index (χ1n) is 21.3. The van der Waals surface area contributed by atoms with Gasteiger partial charge in [-0.15, -0.1) is 0 Å². The van der Waals surface area contributed by atoms with E-state index >= 15 is 0 Å². The van der Waals surface area contributed by atoms with Gasteiger partial charge in [-0.05, 0) is 64.2 Å². The Labute approximate surface area is 323 Å². The minimum Gasteiger partial charge on any atom is -0.462 e. The molecule has 3 N–H and O–H groups in total. The van der Waals surface area contributed by atoms with Crippen LogP contribution in [0.2, 0.25) is 0 Å². The highest BCUT2D eigenvalue weighted by molar-refractivity contribution is 7.47. The van der Waals surface area contributed by atoms with E-state index in [1.54, 1.807) is 0 Å². The quantitative estimate of drug-likeness (QED) is 0.0238. The zero-order valence-electron chi connectivity index (χ0n) is 33.7. The van der Waals surface area contributed by atoms with Crippen LogP contribution in [0.3, 0.4) is 0 Å². The van der Waals surface area contributed by atoms with Crippen molar-refractivity contribution in [3.8, 4) is 0 Å². The van der Waals surface area contributed by atoms with Crippen LogP contribution in [0, 0.1) is 0 Å². The van der Waals surface area contributed by atoms with Gasteiger partial charge in [0.15, 0.2) is 6.10 Å². The molecule has 0 fully saturated rings. The number of allylic oxidation sites excluding steroid dienone is 4. The van der Waals surface area contributed by atoms with E-state index in [1.165, 1.54) is 96.3 Å². The number of aliphatic hydroxyl groups is 2. The fraction of sp³-hybridized carbons (Fsp3) is 0.857. The molecule has 53 heavy (non-hydrogen) atoms. The van der Waals surface area contributed by atoms with E-state index < -0.39 is 51.8 Å². The van der Waals surface area contributed by atoms with Crippen molar-refractivity contribution >= 4 is 19.8 Å². The lowest BCUT2D eigenvalue weighted by atomic mass is 10.1. The number of esters is 2. The van der Waals surface area contributed by atoms with Crippen LogP contribution in [0.1, 0.15) is 194 Å². The molecule has 0 aliphatic rings. The summed E-state index contributed by atoms with van der Waals surface area (Å²) in [5.74, 6) is -0.933. The van der Waals surface area contributed by atoms with E-state index in [9.17, 15) is 24.2 Å². The van der Waals surface area contributed by atoms with Crippen molar-refractivity contribution in [2.75, 3.05) is 26.4 Å². The molecule has 0 amide bonds. The van der Waals surface area contributed by atoms with E-state index in [1.807, 2.05) is 0 Å². The van der Waals surface area contributed by atoms with Gasteiger partial charge in [0.2, 0.25) is 0 Å². The Kier molecular flexibility index (Phi) is 37.6. The number of carbonyl (C=O) groups is 2. The second kappa shape index (κ2) is 38.7. The lowest BCUT2D eigenvalue weighted by Gasteiger charge is -2.20. The molecule has 3 atom stereocenters. The highest BCUT2D eigenvalue weighted by Crippen LogP contribution is 2.43. The van der Waals surface area contributed by atoms with Crippen molar-refractivity contribution < 1.29 is 47.8 Å². The second-order valence-corrected chi connectivity index (χ2v) is 15.8.